The third-order valence-electron chi connectivity index (χ3n) is 2.77. The Balaban J connectivity index is 2.71. The van der Waals surface area contributed by atoms with E-state index in [1.807, 2.05) is 4.90 Å². The molecule has 1 amide bonds. The molecule has 1 heterocycles. The normalized spacial score (nSPS) is 12.4. The molecule has 0 saturated carbocycles. The average Bonchev–Trinajstić information content (AvgIpc) is 2.82. The molecule has 5 nitrogen and oxygen atoms in total. The molecule has 0 aliphatic heterocycles. The topological polar surface area (TPSA) is 61.9 Å². The highest BCUT2D eigenvalue weighted by atomic mass is 16.2. The minimum atomic E-state index is -0.0310. The fourth-order valence-electron chi connectivity index (χ4n) is 1.52. The van der Waals surface area contributed by atoms with Crippen LogP contribution >= 0.6 is 0 Å². The molecule has 0 fully saturated rings. The van der Waals surface area contributed by atoms with Crippen LogP contribution in [0.5, 0.6) is 0 Å². The number of amides is 1. The maximum Gasteiger partial charge on any atom is 0.276 e. The number of hydrogen-bond donors (Lipinski definition) is 1. The quantitative estimate of drug-likeness (QED) is 0.802. The lowest BCUT2D eigenvalue weighted by atomic mass is 10.2. The van der Waals surface area contributed by atoms with Gasteiger partial charge in [0.2, 0.25) is 0 Å². The number of hydrogen-bond acceptors (Lipinski definition) is 3. The summed E-state index contributed by atoms with van der Waals surface area (Å²) >= 11 is 0. The molecule has 5 heteroatoms. The Bertz CT molecular complexity index is 310. The summed E-state index contributed by atoms with van der Waals surface area (Å²) in [5.41, 5.74) is 0.399. The van der Waals surface area contributed by atoms with E-state index in [0.29, 0.717) is 5.69 Å². The van der Waals surface area contributed by atoms with Gasteiger partial charge in [0.25, 0.3) is 5.91 Å². The standard InChI is InChI=1S/C11H20N4O/c1-4-6-7-15(9(3)5-2)11(16)10-8-12-14-13-10/h8-9H,4-7H2,1-3H3,(H,12,13,14). The summed E-state index contributed by atoms with van der Waals surface area (Å²) < 4.78 is 0. The van der Waals surface area contributed by atoms with Crippen LogP contribution in [0.1, 0.15) is 50.5 Å². The van der Waals surface area contributed by atoms with Gasteiger partial charge in [-0.1, -0.05) is 20.3 Å². The third-order valence-corrected chi connectivity index (χ3v) is 2.77. The van der Waals surface area contributed by atoms with Crippen LogP contribution in [0.2, 0.25) is 0 Å². The lowest BCUT2D eigenvalue weighted by Gasteiger charge is -2.27. The van der Waals surface area contributed by atoms with E-state index in [-0.39, 0.29) is 11.9 Å². The molecule has 1 aromatic rings. The summed E-state index contributed by atoms with van der Waals surface area (Å²) in [6.07, 6.45) is 4.53. The molecule has 1 N–H and O–H groups in total. The van der Waals surface area contributed by atoms with Crippen LogP contribution in [0.3, 0.4) is 0 Å². The van der Waals surface area contributed by atoms with Gasteiger partial charge in [0, 0.05) is 12.6 Å². The van der Waals surface area contributed by atoms with Crippen molar-refractivity contribution >= 4 is 5.91 Å². The minimum absolute atomic E-state index is 0.0310. The van der Waals surface area contributed by atoms with Gasteiger partial charge in [-0.25, -0.2) is 0 Å². The van der Waals surface area contributed by atoms with E-state index in [1.54, 1.807) is 0 Å². The van der Waals surface area contributed by atoms with Crippen molar-refractivity contribution in [2.24, 2.45) is 0 Å². The lowest BCUT2D eigenvalue weighted by molar-refractivity contribution is 0.0679. The molecule has 0 aliphatic carbocycles. The summed E-state index contributed by atoms with van der Waals surface area (Å²) in [4.78, 5) is 14.0. The van der Waals surface area contributed by atoms with Crippen molar-refractivity contribution in [3.05, 3.63) is 11.9 Å². The molecule has 0 saturated heterocycles. The van der Waals surface area contributed by atoms with Gasteiger partial charge in [0.05, 0.1) is 6.20 Å². The maximum absolute atomic E-state index is 12.1. The number of nitrogens with zero attached hydrogens (tertiary/aromatic N) is 3. The fraction of sp³-hybridized carbons (Fsp3) is 0.727. The molecule has 0 aliphatic rings. The molecule has 0 radical (unpaired) electrons. The highest BCUT2D eigenvalue weighted by molar-refractivity contribution is 5.92. The first-order valence-electron chi connectivity index (χ1n) is 5.87. The van der Waals surface area contributed by atoms with Gasteiger partial charge in [0.15, 0.2) is 5.69 Å². The monoisotopic (exact) mass is 224 g/mol. The number of unbranched alkanes of at least 4 members (excludes halogenated alkanes) is 1. The van der Waals surface area contributed by atoms with Gasteiger partial charge in [-0.15, -0.1) is 0 Å². The number of H-pyrrole nitrogens is 1. The fourth-order valence-corrected chi connectivity index (χ4v) is 1.52. The Morgan fingerprint density at radius 2 is 2.31 bits per heavy atom. The molecular weight excluding hydrogens is 204 g/mol. The van der Waals surface area contributed by atoms with Crippen molar-refractivity contribution in [1.82, 2.24) is 20.3 Å². The molecule has 90 valence electrons. The number of aromatic nitrogens is 3. The smallest absolute Gasteiger partial charge is 0.276 e. The van der Waals surface area contributed by atoms with E-state index < -0.39 is 0 Å². The Labute approximate surface area is 96.2 Å². The zero-order chi connectivity index (χ0) is 12.0. The lowest BCUT2D eigenvalue weighted by Crippen LogP contribution is -2.39. The zero-order valence-electron chi connectivity index (χ0n) is 10.2. The molecule has 1 rings (SSSR count). The second-order valence-corrected chi connectivity index (χ2v) is 3.96. The first-order valence-corrected chi connectivity index (χ1v) is 5.87. The van der Waals surface area contributed by atoms with Crippen LogP contribution in [-0.2, 0) is 0 Å². The minimum Gasteiger partial charge on any atom is -0.335 e. The van der Waals surface area contributed by atoms with Crippen LogP contribution in [0.4, 0.5) is 0 Å². The Morgan fingerprint density at radius 1 is 1.56 bits per heavy atom. The highest BCUT2D eigenvalue weighted by Crippen LogP contribution is 2.09. The van der Waals surface area contributed by atoms with Gasteiger partial charge in [-0.2, -0.15) is 15.4 Å². The first kappa shape index (κ1) is 12.7. The summed E-state index contributed by atoms with van der Waals surface area (Å²) in [7, 11) is 0. The van der Waals surface area contributed by atoms with Crippen LogP contribution < -0.4 is 0 Å². The van der Waals surface area contributed by atoms with E-state index in [9.17, 15) is 4.79 Å². The number of aromatic amines is 1. The Kier molecular flexibility index (Phi) is 4.95. The van der Waals surface area contributed by atoms with Crippen LogP contribution in [0.25, 0.3) is 0 Å². The van der Waals surface area contributed by atoms with Gasteiger partial charge in [-0.3, -0.25) is 4.79 Å². The van der Waals surface area contributed by atoms with Crippen LogP contribution in [-0.4, -0.2) is 38.8 Å². The van der Waals surface area contributed by atoms with Gasteiger partial charge >= 0.3 is 0 Å². The van der Waals surface area contributed by atoms with Gasteiger partial charge < -0.3 is 4.90 Å². The maximum atomic E-state index is 12.1. The molecule has 1 atom stereocenters. The van der Waals surface area contributed by atoms with Crippen molar-refractivity contribution < 1.29 is 4.79 Å². The summed E-state index contributed by atoms with van der Waals surface area (Å²) in [5.74, 6) is -0.0310. The highest BCUT2D eigenvalue weighted by Gasteiger charge is 2.21. The SMILES string of the molecule is CCCCN(C(=O)c1cn[nH]n1)C(C)CC. The molecule has 1 aromatic heterocycles. The average molecular weight is 224 g/mol. The number of carbonyl (C=O) groups excluding carboxylic acids is 1. The van der Waals surface area contributed by atoms with Crippen molar-refractivity contribution in [1.29, 1.82) is 0 Å². The first-order chi connectivity index (χ1) is 7.70. The molecule has 0 bridgehead atoms. The second kappa shape index (κ2) is 6.25. The predicted octanol–water partition coefficient (Wildman–Crippen LogP) is 1.85. The molecular formula is C11H20N4O. The van der Waals surface area contributed by atoms with Gasteiger partial charge in [-0.05, 0) is 19.8 Å². The van der Waals surface area contributed by atoms with E-state index in [0.717, 1.165) is 25.8 Å². The van der Waals surface area contributed by atoms with Crippen molar-refractivity contribution in [2.45, 2.75) is 46.1 Å². The molecule has 0 aromatic carbocycles. The number of rotatable bonds is 6. The predicted molar refractivity (Wildman–Crippen MR) is 62.1 cm³/mol. The van der Waals surface area contributed by atoms with E-state index in [1.165, 1.54) is 6.20 Å². The number of nitrogens with one attached hydrogen (secondary N) is 1. The second-order valence-electron chi connectivity index (χ2n) is 3.96. The summed E-state index contributed by atoms with van der Waals surface area (Å²) in [6, 6.07) is 0.246. The Morgan fingerprint density at radius 3 is 2.81 bits per heavy atom. The van der Waals surface area contributed by atoms with Crippen LogP contribution in [0.15, 0.2) is 6.20 Å². The van der Waals surface area contributed by atoms with Crippen molar-refractivity contribution in [3.63, 3.8) is 0 Å². The van der Waals surface area contributed by atoms with Crippen LogP contribution in [0, 0.1) is 0 Å². The van der Waals surface area contributed by atoms with E-state index in [2.05, 4.69) is 36.2 Å². The molecule has 16 heavy (non-hydrogen) atoms. The molecule has 1 unspecified atom stereocenters. The van der Waals surface area contributed by atoms with E-state index >= 15 is 0 Å². The summed E-state index contributed by atoms with van der Waals surface area (Å²) in [5, 5.41) is 9.97. The largest absolute Gasteiger partial charge is 0.335 e. The number of carbonyl (C=O) groups is 1. The molecule has 0 spiro atoms. The third kappa shape index (κ3) is 3.05. The van der Waals surface area contributed by atoms with Crippen molar-refractivity contribution in [3.8, 4) is 0 Å². The zero-order valence-corrected chi connectivity index (χ0v) is 10.2. The Hall–Kier alpha value is -1.39. The van der Waals surface area contributed by atoms with Crippen molar-refractivity contribution in [2.75, 3.05) is 6.54 Å². The summed E-state index contributed by atoms with van der Waals surface area (Å²) in [6.45, 7) is 7.06. The van der Waals surface area contributed by atoms with Gasteiger partial charge in [0.1, 0.15) is 0 Å². The van der Waals surface area contributed by atoms with E-state index in [4.69, 9.17) is 0 Å².